The lowest BCUT2D eigenvalue weighted by molar-refractivity contribution is 0.595. The number of sulfone groups is 1. The monoisotopic (exact) mass is 325 g/mol. The fourth-order valence-corrected chi connectivity index (χ4v) is 4.77. The number of nitrogens with zero attached hydrogens (tertiary/aromatic N) is 1. The van der Waals surface area contributed by atoms with E-state index in [2.05, 4.69) is 9.69 Å². The molecule has 2 aromatic rings. The number of rotatable bonds is 6. The number of aromatic nitrogens is 1. The molecule has 3 N–H and O–H groups in total. The van der Waals surface area contributed by atoms with Crippen LogP contribution in [-0.2, 0) is 9.84 Å². The lowest BCUT2D eigenvalue weighted by Gasteiger charge is -2.15. The van der Waals surface area contributed by atoms with Crippen molar-refractivity contribution in [3.05, 3.63) is 35.9 Å². The Hall–Kier alpha value is -1.60. The van der Waals surface area contributed by atoms with E-state index in [-0.39, 0.29) is 22.5 Å². The van der Waals surface area contributed by atoms with E-state index in [1.54, 1.807) is 0 Å². The van der Waals surface area contributed by atoms with Gasteiger partial charge in [-0.15, -0.1) is 0 Å². The molecule has 0 aliphatic carbocycles. The standard InChI is InChI=1S/C14H19N3O2S2/c1-3-9-21(18,19)12-13(15)17-20-14(12)16-10(2)11-7-5-4-6-8-11/h4-8,10,16H,3,9H2,1-2H3,(H2,15,17). The molecule has 0 spiro atoms. The first kappa shape index (κ1) is 15.8. The normalized spacial score (nSPS) is 13.0. The summed E-state index contributed by atoms with van der Waals surface area (Å²) in [6.45, 7) is 3.80. The van der Waals surface area contributed by atoms with Crippen LogP contribution in [0.25, 0.3) is 0 Å². The van der Waals surface area contributed by atoms with Crippen LogP contribution in [0.2, 0.25) is 0 Å². The zero-order valence-corrected chi connectivity index (χ0v) is 13.7. The van der Waals surface area contributed by atoms with Crippen molar-refractivity contribution in [3.63, 3.8) is 0 Å². The van der Waals surface area contributed by atoms with E-state index in [0.29, 0.717) is 11.4 Å². The van der Waals surface area contributed by atoms with Crippen molar-refractivity contribution in [2.24, 2.45) is 0 Å². The number of hydrogen-bond acceptors (Lipinski definition) is 6. The van der Waals surface area contributed by atoms with Gasteiger partial charge in [0.2, 0.25) is 0 Å². The first-order valence-corrected chi connectivity index (χ1v) is 9.17. The minimum atomic E-state index is -3.40. The predicted octanol–water partition coefficient (Wildman–Crippen LogP) is 3.08. The van der Waals surface area contributed by atoms with E-state index in [9.17, 15) is 8.42 Å². The Morgan fingerprint density at radius 2 is 2.00 bits per heavy atom. The van der Waals surface area contributed by atoms with Crippen LogP contribution in [0.1, 0.15) is 31.9 Å². The number of nitrogens with two attached hydrogens (primary N) is 1. The van der Waals surface area contributed by atoms with Crippen molar-refractivity contribution in [3.8, 4) is 0 Å². The van der Waals surface area contributed by atoms with Gasteiger partial charge >= 0.3 is 0 Å². The minimum absolute atomic E-state index is 0.0263. The van der Waals surface area contributed by atoms with Gasteiger partial charge in [0.25, 0.3) is 0 Å². The summed E-state index contributed by atoms with van der Waals surface area (Å²) >= 11 is 1.09. The zero-order valence-electron chi connectivity index (χ0n) is 12.0. The van der Waals surface area contributed by atoms with Gasteiger partial charge in [-0.2, -0.15) is 4.37 Å². The maximum atomic E-state index is 12.3. The average molecular weight is 325 g/mol. The van der Waals surface area contributed by atoms with Crippen LogP contribution >= 0.6 is 11.5 Å². The molecule has 0 saturated heterocycles. The third-order valence-electron chi connectivity index (χ3n) is 3.11. The van der Waals surface area contributed by atoms with Gasteiger partial charge in [0.15, 0.2) is 15.7 Å². The molecule has 0 fully saturated rings. The molecule has 1 aromatic carbocycles. The van der Waals surface area contributed by atoms with Gasteiger partial charge in [-0.1, -0.05) is 37.3 Å². The van der Waals surface area contributed by atoms with Gasteiger partial charge < -0.3 is 11.1 Å². The van der Waals surface area contributed by atoms with Crippen LogP contribution in [-0.4, -0.2) is 18.5 Å². The van der Waals surface area contributed by atoms with E-state index < -0.39 is 9.84 Å². The maximum absolute atomic E-state index is 12.3. The van der Waals surface area contributed by atoms with Crippen LogP contribution in [0.5, 0.6) is 0 Å². The van der Waals surface area contributed by atoms with Crippen LogP contribution in [0.15, 0.2) is 35.2 Å². The van der Waals surface area contributed by atoms with E-state index in [4.69, 9.17) is 5.73 Å². The minimum Gasteiger partial charge on any atom is -0.382 e. The molecule has 1 unspecified atom stereocenters. The summed E-state index contributed by atoms with van der Waals surface area (Å²) < 4.78 is 28.6. The van der Waals surface area contributed by atoms with Crippen molar-refractivity contribution in [2.45, 2.75) is 31.2 Å². The smallest absolute Gasteiger partial charge is 0.185 e. The van der Waals surface area contributed by atoms with Crippen molar-refractivity contribution in [1.82, 2.24) is 4.37 Å². The summed E-state index contributed by atoms with van der Waals surface area (Å²) in [7, 11) is -3.40. The number of anilines is 2. The Morgan fingerprint density at radius 3 is 2.62 bits per heavy atom. The highest BCUT2D eigenvalue weighted by Gasteiger charge is 2.25. The number of hydrogen-bond donors (Lipinski definition) is 2. The van der Waals surface area contributed by atoms with Crippen LogP contribution < -0.4 is 11.1 Å². The number of benzene rings is 1. The fraction of sp³-hybridized carbons (Fsp3) is 0.357. The highest BCUT2D eigenvalue weighted by atomic mass is 32.2. The van der Waals surface area contributed by atoms with Crippen molar-refractivity contribution >= 4 is 32.2 Å². The molecule has 1 atom stereocenters. The Labute approximate surface area is 129 Å². The summed E-state index contributed by atoms with van der Waals surface area (Å²) in [5, 5.41) is 3.72. The topological polar surface area (TPSA) is 85.1 Å². The second-order valence-corrected chi connectivity index (χ2v) is 7.64. The van der Waals surface area contributed by atoms with Crippen LogP contribution in [0.3, 0.4) is 0 Å². The van der Waals surface area contributed by atoms with Gasteiger partial charge in [0.1, 0.15) is 9.90 Å². The quantitative estimate of drug-likeness (QED) is 0.852. The molecule has 0 saturated carbocycles. The summed E-state index contributed by atoms with van der Waals surface area (Å²) in [6, 6.07) is 9.79. The molecule has 0 aliphatic heterocycles. The molecule has 7 heteroatoms. The zero-order chi connectivity index (χ0) is 15.5. The molecule has 5 nitrogen and oxygen atoms in total. The lowest BCUT2D eigenvalue weighted by atomic mass is 10.1. The molecule has 114 valence electrons. The molecular weight excluding hydrogens is 306 g/mol. The number of nitrogens with one attached hydrogen (secondary N) is 1. The van der Waals surface area contributed by atoms with Crippen molar-refractivity contribution in [2.75, 3.05) is 16.8 Å². The Kier molecular flexibility index (Phi) is 4.84. The van der Waals surface area contributed by atoms with Crippen molar-refractivity contribution < 1.29 is 8.42 Å². The summed E-state index contributed by atoms with van der Waals surface area (Å²) in [4.78, 5) is 0.136. The highest BCUT2D eigenvalue weighted by Crippen LogP contribution is 2.34. The molecule has 0 amide bonds. The SMILES string of the molecule is CCCS(=O)(=O)c1c(N)nsc1NC(C)c1ccccc1. The molecular formula is C14H19N3O2S2. The summed E-state index contributed by atoms with van der Waals surface area (Å²) in [5.74, 6) is 0.153. The van der Waals surface area contributed by atoms with E-state index in [0.717, 1.165) is 17.1 Å². The summed E-state index contributed by atoms with van der Waals surface area (Å²) in [5.41, 5.74) is 6.82. The fourth-order valence-electron chi connectivity index (χ4n) is 2.08. The van der Waals surface area contributed by atoms with E-state index in [1.165, 1.54) is 0 Å². The van der Waals surface area contributed by atoms with Gasteiger partial charge in [-0.3, -0.25) is 0 Å². The second kappa shape index (κ2) is 6.44. The molecule has 0 radical (unpaired) electrons. The lowest BCUT2D eigenvalue weighted by Crippen LogP contribution is -2.12. The first-order valence-electron chi connectivity index (χ1n) is 6.75. The molecule has 2 rings (SSSR count). The van der Waals surface area contributed by atoms with Gasteiger partial charge in [0.05, 0.1) is 5.75 Å². The molecule has 21 heavy (non-hydrogen) atoms. The van der Waals surface area contributed by atoms with Gasteiger partial charge in [-0.25, -0.2) is 8.42 Å². The molecule has 1 aromatic heterocycles. The van der Waals surface area contributed by atoms with Gasteiger partial charge in [-0.05, 0) is 30.4 Å². The number of nitrogen functional groups attached to an aromatic ring is 1. The molecule has 1 heterocycles. The van der Waals surface area contributed by atoms with E-state index in [1.807, 2.05) is 44.2 Å². The molecule has 0 bridgehead atoms. The van der Waals surface area contributed by atoms with E-state index >= 15 is 0 Å². The third kappa shape index (κ3) is 3.54. The Bertz CT molecular complexity index is 696. The Morgan fingerprint density at radius 1 is 1.33 bits per heavy atom. The average Bonchev–Trinajstić information content (AvgIpc) is 2.81. The largest absolute Gasteiger partial charge is 0.382 e. The summed E-state index contributed by atoms with van der Waals surface area (Å²) in [6.07, 6.45) is 0.547. The predicted molar refractivity (Wildman–Crippen MR) is 87.3 cm³/mol. The molecule has 0 aliphatic rings. The van der Waals surface area contributed by atoms with Crippen LogP contribution in [0.4, 0.5) is 10.8 Å². The maximum Gasteiger partial charge on any atom is 0.185 e. The first-order chi connectivity index (χ1) is 9.95. The van der Waals surface area contributed by atoms with Crippen molar-refractivity contribution in [1.29, 1.82) is 0 Å². The van der Waals surface area contributed by atoms with Crippen LogP contribution in [0, 0.1) is 0 Å². The third-order valence-corrected chi connectivity index (χ3v) is 6.01. The van der Waals surface area contributed by atoms with Gasteiger partial charge in [0, 0.05) is 6.04 Å². The highest BCUT2D eigenvalue weighted by molar-refractivity contribution is 7.91. The second-order valence-electron chi connectivity index (χ2n) is 4.82. The Balaban J connectivity index is 2.30.